The van der Waals surface area contributed by atoms with Crippen LogP contribution < -0.4 is 5.32 Å². The van der Waals surface area contributed by atoms with Crippen LogP contribution in [-0.4, -0.2) is 58.4 Å². The van der Waals surface area contributed by atoms with Gasteiger partial charge in [-0.05, 0) is 40.8 Å². The predicted molar refractivity (Wildman–Crippen MR) is 183 cm³/mol. The summed E-state index contributed by atoms with van der Waals surface area (Å²) in [5.74, 6) is -0.646. The number of nitrogens with zero attached hydrogens (tertiary/aromatic N) is 3. The minimum Gasteiger partial charge on any atom is -0.350 e. The van der Waals surface area contributed by atoms with Crippen LogP contribution in [0.1, 0.15) is 47.2 Å². The number of rotatable bonds is 9. The van der Waals surface area contributed by atoms with E-state index in [1.54, 1.807) is 16.8 Å². The number of para-hydroxylation sites is 1. The number of benzene rings is 4. The minimum absolute atomic E-state index is 0.0688. The van der Waals surface area contributed by atoms with E-state index in [4.69, 9.17) is 0 Å². The minimum atomic E-state index is -0.550. The summed E-state index contributed by atoms with van der Waals surface area (Å²) in [5, 5.41) is 6.44. The van der Waals surface area contributed by atoms with Crippen LogP contribution in [0.5, 0.6) is 0 Å². The summed E-state index contributed by atoms with van der Waals surface area (Å²) in [6.45, 7) is 0. The quantitative estimate of drug-likeness (QED) is 0.197. The summed E-state index contributed by atoms with van der Waals surface area (Å²) in [7, 11) is 5.54. The Morgan fingerprint density at radius 3 is 2.33 bits per heavy atom. The molecule has 3 amide bonds. The lowest BCUT2D eigenvalue weighted by molar-refractivity contribution is -0.135. The molecule has 1 saturated carbocycles. The van der Waals surface area contributed by atoms with E-state index in [0.29, 0.717) is 18.4 Å². The molecule has 1 aliphatic carbocycles. The number of carbonyl (C=O) groups is 3. The van der Waals surface area contributed by atoms with E-state index in [1.165, 1.54) is 0 Å². The van der Waals surface area contributed by atoms with Crippen molar-refractivity contribution in [1.29, 1.82) is 0 Å². The van der Waals surface area contributed by atoms with Crippen molar-refractivity contribution in [1.82, 2.24) is 19.7 Å². The van der Waals surface area contributed by atoms with Crippen molar-refractivity contribution in [2.24, 2.45) is 13.0 Å². The van der Waals surface area contributed by atoms with Gasteiger partial charge in [0, 0.05) is 50.7 Å². The summed E-state index contributed by atoms with van der Waals surface area (Å²) in [6, 6.07) is 31.8. The maximum absolute atomic E-state index is 14.2. The molecule has 0 radical (unpaired) electrons. The smallest absolute Gasteiger partial charge is 0.256 e. The van der Waals surface area contributed by atoms with Crippen LogP contribution in [0.4, 0.5) is 0 Å². The highest BCUT2D eigenvalue weighted by Gasteiger charge is 2.37. The number of hydrogen-bond acceptors (Lipinski definition) is 3. The van der Waals surface area contributed by atoms with Crippen molar-refractivity contribution in [2.75, 3.05) is 14.1 Å². The maximum atomic E-state index is 14.2. The van der Waals surface area contributed by atoms with Gasteiger partial charge in [-0.2, -0.15) is 0 Å². The van der Waals surface area contributed by atoms with Crippen LogP contribution in [0.25, 0.3) is 21.7 Å². The second kappa shape index (κ2) is 13.6. The van der Waals surface area contributed by atoms with Gasteiger partial charge in [-0.15, -0.1) is 0 Å². The SMILES string of the molecule is CN(C(=O)c1cn(C)c2ccccc12)[C@@H]1CCCC[C@@H]1C(=O)N[C@H](Cc1ccc2ccccc2c1)N(C)C(=O)Cc1ccccc1. The zero-order valence-electron chi connectivity index (χ0n) is 26.9. The van der Waals surface area contributed by atoms with Crippen molar-refractivity contribution in [2.45, 2.75) is 50.7 Å². The average molecular weight is 615 g/mol. The third-order valence-electron chi connectivity index (χ3n) is 9.62. The Balaban J connectivity index is 1.24. The molecule has 0 spiro atoms. The number of fused-ring (bicyclic) bond motifs is 2. The maximum Gasteiger partial charge on any atom is 0.256 e. The Bertz CT molecular complexity index is 1860. The molecule has 6 rings (SSSR count). The van der Waals surface area contributed by atoms with Crippen LogP contribution in [0, 0.1) is 5.92 Å². The van der Waals surface area contributed by atoms with Crippen LogP contribution in [0.2, 0.25) is 0 Å². The van der Waals surface area contributed by atoms with E-state index in [1.807, 2.05) is 91.6 Å². The molecule has 0 aliphatic heterocycles. The molecule has 5 aromatic rings. The molecule has 1 aromatic heterocycles. The third-order valence-corrected chi connectivity index (χ3v) is 9.62. The lowest BCUT2D eigenvalue weighted by Crippen LogP contribution is -2.55. The van der Waals surface area contributed by atoms with Crippen molar-refractivity contribution in [3.8, 4) is 0 Å². The van der Waals surface area contributed by atoms with E-state index in [9.17, 15) is 14.4 Å². The van der Waals surface area contributed by atoms with Crippen molar-refractivity contribution in [3.05, 3.63) is 120 Å². The van der Waals surface area contributed by atoms with Gasteiger partial charge in [-0.25, -0.2) is 0 Å². The fourth-order valence-corrected chi connectivity index (χ4v) is 6.95. The summed E-state index contributed by atoms with van der Waals surface area (Å²) in [6.07, 6.45) is 5.36. The molecule has 3 atom stereocenters. The molecule has 4 aromatic carbocycles. The highest BCUT2D eigenvalue weighted by Crippen LogP contribution is 2.31. The first kappa shape index (κ1) is 31.1. The topological polar surface area (TPSA) is 74.7 Å². The first-order valence-electron chi connectivity index (χ1n) is 16.2. The monoisotopic (exact) mass is 614 g/mol. The first-order chi connectivity index (χ1) is 22.3. The summed E-state index contributed by atoms with van der Waals surface area (Å²) in [5.41, 5.74) is 3.60. The number of amides is 3. The van der Waals surface area contributed by atoms with Gasteiger partial charge in [-0.3, -0.25) is 14.4 Å². The lowest BCUT2D eigenvalue weighted by Gasteiger charge is -2.38. The second-order valence-electron chi connectivity index (χ2n) is 12.6. The molecule has 1 heterocycles. The largest absolute Gasteiger partial charge is 0.350 e. The summed E-state index contributed by atoms with van der Waals surface area (Å²) in [4.78, 5) is 45.1. The molecule has 7 heteroatoms. The number of aromatic nitrogens is 1. The van der Waals surface area contributed by atoms with Gasteiger partial charge in [0.25, 0.3) is 5.91 Å². The van der Waals surface area contributed by atoms with E-state index in [2.05, 4.69) is 35.6 Å². The van der Waals surface area contributed by atoms with Gasteiger partial charge in [0.15, 0.2) is 0 Å². The molecular weight excluding hydrogens is 572 g/mol. The lowest BCUT2D eigenvalue weighted by atomic mass is 9.82. The molecule has 1 fully saturated rings. The van der Waals surface area contributed by atoms with E-state index >= 15 is 0 Å². The second-order valence-corrected chi connectivity index (χ2v) is 12.6. The fraction of sp³-hybridized carbons (Fsp3) is 0.308. The molecule has 0 saturated heterocycles. The van der Waals surface area contributed by atoms with Gasteiger partial charge in [0.2, 0.25) is 11.8 Å². The predicted octanol–water partition coefficient (Wildman–Crippen LogP) is 6.35. The van der Waals surface area contributed by atoms with Crippen LogP contribution >= 0.6 is 0 Å². The van der Waals surface area contributed by atoms with Crippen molar-refractivity contribution >= 4 is 39.4 Å². The Morgan fingerprint density at radius 1 is 0.826 bits per heavy atom. The zero-order chi connectivity index (χ0) is 32.2. The number of hydrogen-bond donors (Lipinski definition) is 1. The van der Waals surface area contributed by atoms with Gasteiger partial charge < -0.3 is 19.7 Å². The van der Waals surface area contributed by atoms with Crippen LogP contribution in [0.3, 0.4) is 0 Å². The zero-order valence-corrected chi connectivity index (χ0v) is 26.9. The van der Waals surface area contributed by atoms with E-state index in [0.717, 1.165) is 52.1 Å². The molecule has 236 valence electrons. The Hall–Kier alpha value is -4.91. The Kier molecular flexibility index (Phi) is 9.20. The first-order valence-corrected chi connectivity index (χ1v) is 16.2. The molecule has 46 heavy (non-hydrogen) atoms. The summed E-state index contributed by atoms with van der Waals surface area (Å²) >= 11 is 0. The van der Waals surface area contributed by atoms with Gasteiger partial charge in [-0.1, -0.05) is 104 Å². The Morgan fingerprint density at radius 2 is 1.52 bits per heavy atom. The molecule has 1 N–H and O–H groups in total. The standard InChI is InChI=1S/C39H42N4O3/c1-41-26-33(31-17-9-11-19-34(31)41)39(46)42(2)35-20-12-10-18-32(35)38(45)40-36(43(3)37(44)25-27-13-5-4-6-14-27)24-28-21-22-29-15-7-8-16-30(29)23-28/h4-9,11,13-17,19,21-23,26,32,35-36H,10,12,18,20,24-25H2,1-3H3,(H,40,45)/t32-,35+,36-/m0/s1. The normalized spacial score (nSPS) is 17.0. The fourth-order valence-electron chi connectivity index (χ4n) is 6.95. The number of nitrogens with one attached hydrogen (secondary N) is 1. The molecule has 7 nitrogen and oxygen atoms in total. The molecule has 0 unspecified atom stereocenters. The van der Waals surface area contributed by atoms with Gasteiger partial charge >= 0.3 is 0 Å². The number of aryl methyl sites for hydroxylation is 1. The number of carbonyl (C=O) groups excluding carboxylic acids is 3. The van der Waals surface area contributed by atoms with Crippen molar-refractivity contribution in [3.63, 3.8) is 0 Å². The molecule has 1 aliphatic rings. The number of likely N-dealkylation sites (N-methyl/N-ethyl adjacent to an activating group) is 1. The van der Waals surface area contributed by atoms with Gasteiger partial charge in [0.05, 0.1) is 17.9 Å². The van der Waals surface area contributed by atoms with Crippen LogP contribution in [-0.2, 0) is 29.5 Å². The van der Waals surface area contributed by atoms with E-state index in [-0.39, 0.29) is 36.1 Å². The van der Waals surface area contributed by atoms with E-state index < -0.39 is 6.17 Å². The summed E-state index contributed by atoms with van der Waals surface area (Å²) < 4.78 is 1.97. The molecular formula is C39H42N4O3. The highest BCUT2D eigenvalue weighted by atomic mass is 16.2. The Labute approximate surface area is 270 Å². The molecule has 0 bridgehead atoms. The highest BCUT2D eigenvalue weighted by molar-refractivity contribution is 6.07. The van der Waals surface area contributed by atoms with Gasteiger partial charge in [0.1, 0.15) is 6.17 Å². The average Bonchev–Trinajstić information content (AvgIpc) is 3.43. The van der Waals surface area contributed by atoms with Crippen molar-refractivity contribution < 1.29 is 14.4 Å². The third kappa shape index (κ3) is 6.54. The van der Waals surface area contributed by atoms with Crippen LogP contribution in [0.15, 0.2) is 103 Å².